The molecule has 0 aromatic heterocycles. The van der Waals surface area contributed by atoms with E-state index in [1.165, 1.54) is 13.8 Å². The Bertz CT molecular complexity index is 540. The van der Waals surface area contributed by atoms with E-state index in [0.717, 1.165) is 12.5 Å². The summed E-state index contributed by atoms with van der Waals surface area (Å²) in [7, 11) is 0. The molecule has 0 saturated heterocycles. The number of hydrogen-bond donors (Lipinski definition) is 1. The summed E-state index contributed by atoms with van der Waals surface area (Å²) in [6.45, 7) is 8.20. The van der Waals surface area contributed by atoms with Gasteiger partial charge in [0.1, 0.15) is 0 Å². The first-order chi connectivity index (χ1) is 9.46. The van der Waals surface area contributed by atoms with Crippen molar-refractivity contribution in [3.8, 4) is 0 Å². The van der Waals surface area contributed by atoms with E-state index in [4.69, 9.17) is 0 Å². The van der Waals surface area contributed by atoms with Gasteiger partial charge in [0.05, 0.1) is 16.9 Å². The first-order valence-corrected chi connectivity index (χ1v) is 6.95. The van der Waals surface area contributed by atoms with Crippen LogP contribution >= 0.6 is 0 Å². The Balaban J connectivity index is 3.54. The molecule has 1 aromatic carbocycles. The van der Waals surface area contributed by atoms with Crippen molar-refractivity contribution in [3.05, 3.63) is 28.8 Å². The lowest BCUT2D eigenvalue weighted by atomic mass is 9.93. The van der Waals surface area contributed by atoms with Gasteiger partial charge in [-0.2, -0.15) is 13.2 Å². The topological polar surface area (TPSA) is 32.6 Å². The highest BCUT2D eigenvalue weighted by Crippen LogP contribution is 2.41. The lowest BCUT2D eigenvalue weighted by Crippen LogP contribution is -2.18. The molecule has 0 aliphatic rings. The maximum Gasteiger partial charge on any atom is 0.418 e. The molecular weight excluding hydrogens is 279 g/mol. The fourth-order valence-electron chi connectivity index (χ4n) is 2.11. The molecule has 0 spiro atoms. The zero-order valence-corrected chi connectivity index (χ0v) is 13.1. The molecule has 0 unspecified atom stereocenters. The van der Waals surface area contributed by atoms with Crippen LogP contribution in [0, 0.1) is 6.92 Å². The molecule has 21 heavy (non-hydrogen) atoms. The second kappa shape index (κ2) is 6.18. The van der Waals surface area contributed by atoms with E-state index in [9.17, 15) is 18.3 Å². The molecule has 1 aromatic rings. The first kappa shape index (κ1) is 17.7. The van der Waals surface area contributed by atoms with Crippen LogP contribution in [-0.2, 0) is 11.8 Å². The quantitative estimate of drug-likeness (QED) is 0.768. The van der Waals surface area contributed by atoms with Crippen LogP contribution in [0.15, 0.2) is 17.1 Å². The third kappa shape index (κ3) is 4.56. The Hall–Kier alpha value is -1.36. The summed E-state index contributed by atoms with van der Waals surface area (Å²) >= 11 is 0. The fourth-order valence-corrected chi connectivity index (χ4v) is 2.11. The number of benzene rings is 1. The van der Waals surface area contributed by atoms with Gasteiger partial charge in [-0.15, -0.1) is 0 Å². The molecule has 5 heteroatoms. The molecule has 0 radical (unpaired) electrons. The van der Waals surface area contributed by atoms with Crippen LogP contribution in [0.4, 0.5) is 18.9 Å². The molecule has 118 valence electrons. The van der Waals surface area contributed by atoms with Crippen LogP contribution in [0.5, 0.6) is 0 Å². The van der Waals surface area contributed by atoms with Gasteiger partial charge in [0.2, 0.25) is 0 Å². The second-order valence-electron chi connectivity index (χ2n) is 5.84. The van der Waals surface area contributed by atoms with E-state index >= 15 is 0 Å². The zero-order valence-electron chi connectivity index (χ0n) is 13.1. The van der Waals surface area contributed by atoms with E-state index in [2.05, 4.69) is 4.99 Å². The van der Waals surface area contributed by atoms with Crippen LogP contribution in [0.1, 0.15) is 57.2 Å². The Morgan fingerprint density at radius 3 is 2.24 bits per heavy atom. The average Bonchev–Trinajstić information content (AvgIpc) is 2.28. The smallest absolute Gasteiger partial charge is 0.386 e. The van der Waals surface area contributed by atoms with Crippen molar-refractivity contribution in [2.24, 2.45) is 4.99 Å². The predicted molar refractivity (Wildman–Crippen MR) is 79.1 cm³/mol. The van der Waals surface area contributed by atoms with Crippen LogP contribution in [0.25, 0.3) is 0 Å². The molecule has 1 N–H and O–H groups in total. The minimum absolute atomic E-state index is 0.0542. The number of nitrogens with zero attached hydrogens (tertiary/aromatic N) is 1. The average molecular weight is 301 g/mol. The summed E-state index contributed by atoms with van der Waals surface area (Å²) in [5.41, 5.74) is -0.860. The summed E-state index contributed by atoms with van der Waals surface area (Å²) in [6.07, 6.45) is -3.02. The van der Waals surface area contributed by atoms with E-state index in [1.54, 1.807) is 19.9 Å². The maximum absolute atomic E-state index is 13.3. The summed E-state index contributed by atoms with van der Waals surface area (Å²) in [4.78, 5) is 4.15. The zero-order chi connectivity index (χ0) is 16.4. The fraction of sp³-hybridized carbons (Fsp3) is 0.562. The third-order valence-electron chi connectivity index (χ3n) is 3.23. The van der Waals surface area contributed by atoms with E-state index < -0.39 is 17.3 Å². The molecule has 0 saturated carbocycles. The monoisotopic (exact) mass is 301 g/mol. The Kier molecular flexibility index (Phi) is 5.20. The molecule has 2 nitrogen and oxygen atoms in total. The maximum atomic E-state index is 13.3. The van der Waals surface area contributed by atoms with Crippen LogP contribution < -0.4 is 0 Å². The normalized spacial score (nSPS) is 13.7. The number of halogens is 3. The number of aliphatic imine (C=N–C) groups is 1. The van der Waals surface area contributed by atoms with Crippen molar-refractivity contribution in [2.45, 2.75) is 59.2 Å². The molecule has 0 fully saturated rings. The lowest BCUT2D eigenvalue weighted by Gasteiger charge is -2.22. The molecule has 0 amide bonds. The van der Waals surface area contributed by atoms with Crippen molar-refractivity contribution in [1.82, 2.24) is 0 Å². The number of rotatable bonds is 4. The van der Waals surface area contributed by atoms with E-state index in [1.807, 2.05) is 6.92 Å². The van der Waals surface area contributed by atoms with Crippen LogP contribution in [0.2, 0.25) is 0 Å². The highest BCUT2D eigenvalue weighted by molar-refractivity contribution is 5.85. The summed E-state index contributed by atoms with van der Waals surface area (Å²) in [5.74, 6) is 0. The van der Waals surface area contributed by atoms with Gasteiger partial charge in [-0.05, 0) is 51.3 Å². The van der Waals surface area contributed by atoms with Gasteiger partial charge in [0.15, 0.2) is 0 Å². The summed E-state index contributed by atoms with van der Waals surface area (Å²) in [6, 6.07) is 2.55. The molecule has 0 aliphatic carbocycles. The number of aliphatic hydroxyl groups is 1. The summed E-state index contributed by atoms with van der Waals surface area (Å²) < 4.78 is 39.8. The van der Waals surface area contributed by atoms with E-state index in [-0.39, 0.29) is 11.3 Å². The Morgan fingerprint density at radius 1 is 1.24 bits per heavy atom. The number of hydrogen-bond acceptors (Lipinski definition) is 2. The van der Waals surface area contributed by atoms with Gasteiger partial charge in [-0.25, -0.2) is 0 Å². The highest BCUT2D eigenvalue weighted by Gasteiger charge is 2.36. The van der Waals surface area contributed by atoms with Crippen LogP contribution in [0.3, 0.4) is 0 Å². The standard InChI is InChI=1S/C16H22F3NO/c1-6-7-11(3)20-14-10(2)8-12(15(4,5)21)9-13(14)16(17,18)19/h8-9,21H,6-7H2,1-5H3. The van der Waals surface area contributed by atoms with Crippen molar-refractivity contribution in [3.63, 3.8) is 0 Å². The molecule has 0 aliphatic heterocycles. The van der Waals surface area contributed by atoms with Gasteiger partial charge < -0.3 is 5.11 Å². The molecule has 1 rings (SSSR count). The van der Waals surface area contributed by atoms with Gasteiger partial charge in [0.25, 0.3) is 0 Å². The van der Waals surface area contributed by atoms with Crippen molar-refractivity contribution >= 4 is 11.4 Å². The highest BCUT2D eigenvalue weighted by atomic mass is 19.4. The first-order valence-electron chi connectivity index (χ1n) is 6.95. The predicted octanol–water partition coefficient (Wildman–Crippen LogP) is 5.13. The summed E-state index contributed by atoms with van der Waals surface area (Å²) in [5, 5.41) is 9.96. The Morgan fingerprint density at radius 2 is 1.81 bits per heavy atom. The van der Waals surface area contributed by atoms with Crippen molar-refractivity contribution in [1.29, 1.82) is 0 Å². The van der Waals surface area contributed by atoms with Gasteiger partial charge in [-0.3, -0.25) is 4.99 Å². The van der Waals surface area contributed by atoms with Crippen molar-refractivity contribution < 1.29 is 18.3 Å². The molecule has 0 bridgehead atoms. The van der Waals surface area contributed by atoms with Gasteiger partial charge in [-0.1, -0.05) is 19.4 Å². The molecule has 0 atom stereocenters. The number of aryl methyl sites for hydroxylation is 1. The molecular formula is C16H22F3NO. The Labute approximate surface area is 123 Å². The minimum Gasteiger partial charge on any atom is -0.386 e. The number of alkyl halides is 3. The third-order valence-corrected chi connectivity index (χ3v) is 3.23. The van der Waals surface area contributed by atoms with Gasteiger partial charge >= 0.3 is 6.18 Å². The van der Waals surface area contributed by atoms with E-state index in [0.29, 0.717) is 17.7 Å². The van der Waals surface area contributed by atoms with Crippen molar-refractivity contribution in [2.75, 3.05) is 0 Å². The second-order valence-corrected chi connectivity index (χ2v) is 5.84. The minimum atomic E-state index is -4.50. The molecule has 0 heterocycles. The SMILES string of the molecule is CCCC(C)=Nc1c(C)cc(C(C)(C)O)cc1C(F)(F)F. The van der Waals surface area contributed by atoms with Crippen LogP contribution in [-0.4, -0.2) is 10.8 Å². The largest absolute Gasteiger partial charge is 0.418 e. The lowest BCUT2D eigenvalue weighted by molar-refractivity contribution is -0.137. The van der Waals surface area contributed by atoms with Gasteiger partial charge in [0, 0.05) is 5.71 Å².